The van der Waals surface area contributed by atoms with E-state index >= 15 is 0 Å². The van der Waals surface area contributed by atoms with E-state index in [1.165, 1.54) is 0 Å². The Hall–Kier alpha value is -1.98. The van der Waals surface area contributed by atoms with Gasteiger partial charge in [0.2, 0.25) is 5.91 Å². The highest BCUT2D eigenvalue weighted by Crippen LogP contribution is 2.34. The van der Waals surface area contributed by atoms with Crippen LogP contribution in [0.1, 0.15) is 11.1 Å². The van der Waals surface area contributed by atoms with Crippen molar-refractivity contribution >= 4 is 12.0 Å². The predicted molar refractivity (Wildman–Crippen MR) is 51.3 cm³/mol. The molecule has 0 radical (unpaired) electrons. The fraction of sp³-hybridized carbons (Fsp3) is 0.100. The van der Waals surface area contributed by atoms with Crippen LogP contribution in [-0.2, 0) is 11.0 Å². The standard InChI is InChI=1S/C10H8F3NO2/c11-10(12,13)8-5-7(15)3-1-6(8)2-4-9(14)16/h1-5,15H,(H2,14,16). The Balaban J connectivity index is 3.23. The Kier molecular flexibility index (Phi) is 3.22. The van der Waals surface area contributed by atoms with E-state index in [9.17, 15) is 18.0 Å². The number of hydrogen-bond donors (Lipinski definition) is 2. The van der Waals surface area contributed by atoms with Crippen LogP contribution >= 0.6 is 0 Å². The zero-order valence-electron chi connectivity index (χ0n) is 7.95. The summed E-state index contributed by atoms with van der Waals surface area (Å²) < 4.78 is 37.5. The number of aromatic hydroxyl groups is 1. The Morgan fingerprint density at radius 3 is 2.50 bits per heavy atom. The minimum atomic E-state index is -4.60. The van der Waals surface area contributed by atoms with Crippen molar-refractivity contribution in [2.75, 3.05) is 0 Å². The van der Waals surface area contributed by atoms with E-state index in [0.717, 1.165) is 24.3 Å². The number of primary amides is 1. The lowest BCUT2D eigenvalue weighted by Gasteiger charge is -2.10. The van der Waals surface area contributed by atoms with Crippen molar-refractivity contribution in [2.24, 2.45) is 5.73 Å². The van der Waals surface area contributed by atoms with Crippen LogP contribution in [0.5, 0.6) is 5.75 Å². The summed E-state index contributed by atoms with van der Waals surface area (Å²) in [5.41, 5.74) is 3.52. The predicted octanol–water partition coefficient (Wildman–Crippen LogP) is 1.91. The van der Waals surface area contributed by atoms with Crippen LogP contribution in [0.25, 0.3) is 6.08 Å². The number of nitrogens with two attached hydrogens (primary N) is 1. The first-order chi connectivity index (χ1) is 7.30. The van der Waals surface area contributed by atoms with Gasteiger partial charge >= 0.3 is 6.18 Å². The molecule has 0 bridgehead atoms. The summed E-state index contributed by atoms with van der Waals surface area (Å²) in [5, 5.41) is 8.96. The molecule has 0 atom stereocenters. The summed E-state index contributed by atoms with van der Waals surface area (Å²) in [4.78, 5) is 10.4. The van der Waals surface area contributed by atoms with Crippen molar-refractivity contribution in [3.05, 3.63) is 35.4 Å². The minimum Gasteiger partial charge on any atom is -0.508 e. The molecule has 0 fully saturated rings. The van der Waals surface area contributed by atoms with Crippen LogP contribution in [0.4, 0.5) is 13.2 Å². The molecule has 6 heteroatoms. The summed E-state index contributed by atoms with van der Waals surface area (Å²) in [6.07, 6.45) is -2.83. The van der Waals surface area contributed by atoms with Gasteiger partial charge in [0.15, 0.2) is 0 Å². The molecule has 1 amide bonds. The van der Waals surface area contributed by atoms with Crippen molar-refractivity contribution < 1.29 is 23.1 Å². The highest BCUT2D eigenvalue weighted by atomic mass is 19.4. The summed E-state index contributed by atoms with van der Waals surface area (Å²) in [7, 11) is 0. The molecule has 0 heterocycles. The molecule has 1 rings (SSSR count). The van der Waals surface area contributed by atoms with Gasteiger partial charge in [-0.15, -0.1) is 0 Å². The molecule has 0 aliphatic carbocycles. The molecule has 0 saturated carbocycles. The summed E-state index contributed by atoms with van der Waals surface area (Å²) in [5.74, 6) is -1.34. The van der Waals surface area contributed by atoms with E-state index in [1.54, 1.807) is 0 Å². The first-order valence-corrected chi connectivity index (χ1v) is 4.18. The Morgan fingerprint density at radius 2 is 2.00 bits per heavy atom. The number of carbonyl (C=O) groups is 1. The van der Waals surface area contributed by atoms with Crippen LogP contribution in [0.3, 0.4) is 0 Å². The minimum absolute atomic E-state index is 0.232. The summed E-state index contributed by atoms with van der Waals surface area (Å²) in [6, 6.07) is 2.73. The van der Waals surface area contributed by atoms with Crippen LogP contribution in [-0.4, -0.2) is 11.0 Å². The quantitative estimate of drug-likeness (QED) is 0.763. The molecule has 0 spiro atoms. The SMILES string of the molecule is NC(=O)C=Cc1ccc(O)cc1C(F)(F)F. The average molecular weight is 231 g/mol. The second-order valence-corrected chi connectivity index (χ2v) is 3.01. The molecule has 0 unspecified atom stereocenters. The van der Waals surface area contributed by atoms with Crippen LogP contribution in [0.2, 0.25) is 0 Å². The maximum absolute atomic E-state index is 12.5. The molecule has 0 aliphatic rings. The summed E-state index contributed by atoms with van der Waals surface area (Å²) >= 11 is 0. The largest absolute Gasteiger partial charge is 0.508 e. The van der Waals surface area contributed by atoms with Crippen LogP contribution in [0.15, 0.2) is 24.3 Å². The fourth-order valence-electron chi connectivity index (χ4n) is 1.11. The highest BCUT2D eigenvalue weighted by molar-refractivity contribution is 5.90. The zero-order valence-corrected chi connectivity index (χ0v) is 7.95. The number of rotatable bonds is 2. The number of carbonyl (C=O) groups excluding carboxylic acids is 1. The van der Waals surface area contributed by atoms with Gasteiger partial charge < -0.3 is 10.8 Å². The number of amides is 1. The lowest BCUT2D eigenvalue weighted by molar-refractivity contribution is -0.137. The van der Waals surface area contributed by atoms with Gasteiger partial charge in [-0.3, -0.25) is 4.79 Å². The molecule has 0 aromatic heterocycles. The van der Waals surface area contributed by atoms with E-state index < -0.39 is 23.4 Å². The van der Waals surface area contributed by atoms with Gasteiger partial charge in [0.05, 0.1) is 5.56 Å². The normalized spacial score (nSPS) is 11.9. The van der Waals surface area contributed by atoms with Gasteiger partial charge in [-0.1, -0.05) is 6.07 Å². The third-order valence-corrected chi connectivity index (χ3v) is 1.77. The maximum atomic E-state index is 12.5. The van der Waals surface area contributed by atoms with Crippen molar-refractivity contribution in [1.82, 2.24) is 0 Å². The number of phenols is 1. The van der Waals surface area contributed by atoms with Crippen molar-refractivity contribution in [1.29, 1.82) is 0 Å². The van der Waals surface area contributed by atoms with Crippen molar-refractivity contribution in [3.8, 4) is 5.75 Å². The van der Waals surface area contributed by atoms with Crippen molar-refractivity contribution in [3.63, 3.8) is 0 Å². The third kappa shape index (κ3) is 3.01. The Labute approximate surface area is 89.0 Å². The number of phenolic OH excluding ortho intramolecular Hbond substituents is 1. The van der Waals surface area contributed by atoms with Gasteiger partial charge in [-0.2, -0.15) is 13.2 Å². The average Bonchev–Trinajstić information content (AvgIpc) is 2.14. The number of halogens is 3. The van der Waals surface area contributed by atoms with Crippen molar-refractivity contribution in [2.45, 2.75) is 6.18 Å². The zero-order chi connectivity index (χ0) is 12.3. The summed E-state index contributed by atoms with van der Waals surface area (Å²) in [6.45, 7) is 0. The molecule has 1 aromatic rings. The highest BCUT2D eigenvalue weighted by Gasteiger charge is 2.33. The van der Waals surface area contributed by atoms with Gasteiger partial charge in [0.1, 0.15) is 5.75 Å². The van der Waals surface area contributed by atoms with Gasteiger partial charge in [-0.25, -0.2) is 0 Å². The third-order valence-electron chi connectivity index (χ3n) is 1.77. The van der Waals surface area contributed by atoms with Gasteiger partial charge in [0.25, 0.3) is 0 Å². The first-order valence-electron chi connectivity index (χ1n) is 4.18. The molecule has 1 aromatic carbocycles. The van der Waals surface area contributed by atoms with Crippen LogP contribution in [0, 0.1) is 0 Å². The topological polar surface area (TPSA) is 63.3 Å². The smallest absolute Gasteiger partial charge is 0.417 e. The Morgan fingerprint density at radius 1 is 1.38 bits per heavy atom. The fourth-order valence-corrected chi connectivity index (χ4v) is 1.11. The molecule has 0 saturated heterocycles. The first kappa shape index (κ1) is 12.1. The van der Waals surface area contributed by atoms with Gasteiger partial charge in [0, 0.05) is 6.08 Å². The number of hydrogen-bond acceptors (Lipinski definition) is 2. The molecular weight excluding hydrogens is 223 g/mol. The van der Waals surface area contributed by atoms with Crippen LogP contribution < -0.4 is 5.73 Å². The monoisotopic (exact) mass is 231 g/mol. The Bertz CT molecular complexity index is 438. The van der Waals surface area contributed by atoms with E-state index in [1.807, 2.05) is 0 Å². The second-order valence-electron chi connectivity index (χ2n) is 3.01. The maximum Gasteiger partial charge on any atom is 0.417 e. The molecule has 16 heavy (non-hydrogen) atoms. The number of benzene rings is 1. The molecule has 86 valence electrons. The van der Waals surface area contributed by atoms with E-state index in [0.29, 0.717) is 6.07 Å². The van der Waals surface area contributed by atoms with E-state index in [4.69, 9.17) is 10.8 Å². The van der Waals surface area contributed by atoms with E-state index in [-0.39, 0.29) is 5.56 Å². The molecule has 0 aliphatic heterocycles. The molecule has 3 nitrogen and oxygen atoms in total. The van der Waals surface area contributed by atoms with Gasteiger partial charge in [-0.05, 0) is 23.8 Å². The molecule has 3 N–H and O–H groups in total. The van der Waals surface area contributed by atoms with E-state index in [2.05, 4.69) is 0 Å². The molecular formula is C10H8F3NO2. The second kappa shape index (κ2) is 4.26. The number of alkyl halides is 3. The lowest BCUT2D eigenvalue weighted by atomic mass is 10.1. The lowest BCUT2D eigenvalue weighted by Crippen LogP contribution is -2.08.